The first-order valence-electron chi connectivity index (χ1n) is 7.39. The summed E-state index contributed by atoms with van der Waals surface area (Å²) in [7, 11) is 0. The van der Waals surface area contributed by atoms with Crippen LogP contribution in [-0.4, -0.2) is 35.0 Å². The van der Waals surface area contributed by atoms with Crippen LogP contribution in [0.2, 0.25) is 5.15 Å². The van der Waals surface area contributed by atoms with Gasteiger partial charge >= 0.3 is 0 Å². The molecule has 0 spiro atoms. The lowest BCUT2D eigenvalue weighted by atomic mass is 10.2. The summed E-state index contributed by atoms with van der Waals surface area (Å²) in [4.78, 5) is 8.71. The topological polar surface area (TPSA) is 49.3 Å². The Morgan fingerprint density at radius 2 is 2.33 bits per heavy atom. The third-order valence-corrected chi connectivity index (χ3v) is 4.93. The van der Waals surface area contributed by atoms with Gasteiger partial charge in [0.05, 0.1) is 6.54 Å². The van der Waals surface area contributed by atoms with Crippen LogP contribution in [0.3, 0.4) is 0 Å². The smallest absolute Gasteiger partial charge is 0.191 e. The number of hydrogen-bond acceptors (Lipinski definition) is 3. The number of guanidine groups is 1. The first kappa shape index (κ1) is 16.4. The van der Waals surface area contributed by atoms with Crippen LogP contribution in [0, 0.1) is 0 Å². The van der Waals surface area contributed by atoms with Gasteiger partial charge in [-0.05, 0) is 44.1 Å². The van der Waals surface area contributed by atoms with Crippen molar-refractivity contribution in [2.45, 2.75) is 44.0 Å². The lowest BCUT2D eigenvalue weighted by Gasteiger charge is -2.17. The van der Waals surface area contributed by atoms with E-state index in [9.17, 15) is 0 Å². The van der Waals surface area contributed by atoms with Crippen molar-refractivity contribution in [3.8, 4) is 0 Å². The molecule has 21 heavy (non-hydrogen) atoms. The number of pyridine rings is 1. The monoisotopic (exact) mass is 326 g/mol. The van der Waals surface area contributed by atoms with Gasteiger partial charge in [-0.2, -0.15) is 11.8 Å². The van der Waals surface area contributed by atoms with E-state index in [-0.39, 0.29) is 0 Å². The van der Waals surface area contributed by atoms with Crippen LogP contribution in [0.15, 0.2) is 23.3 Å². The molecule has 2 rings (SSSR count). The van der Waals surface area contributed by atoms with Crippen molar-refractivity contribution in [2.24, 2.45) is 4.99 Å². The van der Waals surface area contributed by atoms with Crippen LogP contribution < -0.4 is 10.6 Å². The maximum atomic E-state index is 5.79. The maximum absolute atomic E-state index is 5.79. The molecule has 1 aliphatic carbocycles. The molecule has 2 atom stereocenters. The highest BCUT2D eigenvalue weighted by Gasteiger charge is 2.24. The van der Waals surface area contributed by atoms with E-state index < -0.39 is 0 Å². The van der Waals surface area contributed by atoms with Crippen LogP contribution in [0.25, 0.3) is 0 Å². The van der Waals surface area contributed by atoms with E-state index in [2.05, 4.69) is 33.8 Å². The van der Waals surface area contributed by atoms with Gasteiger partial charge in [0.15, 0.2) is 5.96 Å². The lowest BCUT2D eigenvalue weighted by Crippen LogP contribution is -2.42. The summed E-state index contributed by atoms with van der Waals surface area (Å²) in [5, 5.41) is 8.15. The van der Waals surface area contributed by atoms with Gasteiger partial charge in [0.1, 0.15) is 5.15 Å². The van der Waals surface area contributed by atoms with E-state index in [1.807, 2.05) is 17.8 Å². The minimum absolute atomic E-state index is 0.516. The molecule has 1 saturated carbocycles. The Balaban J connectivity index is 1.91. The zero-order valence-electron chi connectivity index (χ0n) is 12.6. The molecule has 4 nitrogen and oxygen atoms in total. The SMILES string of the molecule is CCNC(=NCc1ccc(Cl)nc1)NC1CCC(SC)C1. The van der Waals surface area contributed by atoms with E-state index in [1.165, 1.54) is 19.3 Å². The molecule has 0 bridgehead atoms. The fourth-order valence-electron chi connectivity index (χ4n) is 2.47. The Kier molecular flexibility index (Phi) is 6.64. The molecule has 1 heterocycles. The molecule has 2 N–H and O–H groups in total. The number of rotatable bonds is 5. The summed E-state index contributed by atoms with van der Waals surface area (Å²) < 4.78 is 0. The van der Waals surface area contributed by atoms with Crippen LogP contribution >= 0.6 is 23.4 Å². The first-order valence-corrected chi connectivity index (χ1v) is 9.06. The maximum Gasteiger partial charge on any atom is 0.191 e. The minimum Gasteiger partial charge on any atom is -0.357 e. The summed E-state index contributed by atoms with van der Waals surface area (Å²) in [5.41, 5.74) is 1.06. The number of hydrogen-bond donors (Lipinski definition) is 2. The molecule has 1 aliphatic rings. The second-order valence-corrected chi connectivity index (χ2v) is 6.72. The molecule has 0 aliphatic heterocycles. The molecule has 0 amide bonds. The van der Waals surface area contributed by atoms with Crippen molar-refractivity contribution >= 4 is 29.3 Å². The molecule has 1 fully saturated rings. The number of aliphatic imine (C=N–C) groups is 1. The number of nitrogens with one attached hydrogen (secondary N) is 2. The highest BCUT2D eigenvalue weighted by molar-refractivity contribution is 7.99. The number of thioether (sulfide) groups is 1. The molecule has 6 heteroatoms. The van der Waals surface area contributed by atoms with Crippen molar-refractivity contribution in [1.82, 2.24) is 15.6 Å². The lowest BCUT2D eigenvalue weighted by molar-refractivity contribution is 0.615. The van der Waals surface area contributed by atoms with Crippen LogP contribution in [0.5, 0.6) is 0 Å². The highest BCUT2D eigenvalue weighted by atomic mass is 35.5. The minimum atomic E-state index is 0.516. The average Bonchev–Trinajstić information content (AvgIpc) is 2.94. The van der Waals surface area contributed by atoms with Crippen molar-refractivity contribution in [3.63, 3.8) is 0 Å². The Morgan fingerprint density at radius 3 is 2.95 bits per heavy atom. The molecule has 0 aromatic carbocycles. The molecule has 0 radical (unpaired) electrons. The van der Waals surface area contributed by atoms with Gasteiger partial charge in [0.25, 0.3) is 0 Å². The molecule has 1 aromatic rings. The van der Waals surface area contributed by atoms with Crippen LogP contribution in [0.4, 0.5) is 0 Å². The third-order valence-electron chi connectivity index (χ3n) is 3.61. The Bertz CT molecular complexity index is 463. The molecule has 2 unspecified atom stereocenters. The summed E-state index contributed by atoms with van der Waals surface area (Å²) in [6, 6.07) is 4.29. The predicted molar refractivity (Wildman–Crippen MR) is 92.1 cm³/mol. The fraction of sp³-hybridized carbons (Fsp3) is 0.600. The van der Waals surface area contributed by atoms with E-state index in [1.54, 1.807) is 12.3 Å². The normalized spacial score (nSPS) is 22.3. The summed E-state index contributed by atoms with van der Waals surface area (Å²) in [5.74, 6) is 0.888. The molecule has 0 saturated heterocycles. The van der Waals surface area contributed by atoms with Gasteiger partial charge in [0.2, 0.25) is 0 Å². The summed E-state index contributed by atoms with van der Waals surface area (Å²) in [6.07, 6.45) is 7.69. The molecular formula is C15H23ClN4S. The van der Waals surface area contributed by atoms with E-state index in [4.69, 9.17) is 11.6 Å². The second-order valence-electron chi connectivity index (χ2n) is 5.20. The van der Waals surface area contributed by atoms with E-state index in [0.717, 1.165) is 23.3 Å². The summed E-state index contributed by atoms with van der Waals surface area (Å²) in [6.45, 7) is 3.56. The van der Waals surface area contributed by atoms with Crippen molar-refractivity contribution in [2.75, 3.05) is 12.8 Å². The fourth-order valence-corrected chi connectivity index (χ4v) is 3.38. The van der Waals surface area contributed by atoms with Gasteiger partial charge in [-0.25, -0.2) is 9.98 Å². The van der Waals surface area contributed by atoms with Gasteiger partial charge in [-0.1, -0.05) is 17.7 Å². The number of nitrogens with zero attached hydrogens (tertiary/aromatic N) is 2. The Labute approximate surface area is 136 Å². The van der Waals surface area contributed by atoms with Crippen molar-refractivity contribution in [3.05, 3.63) is 29.0 Å². The van der Waals surface area contributed by atoms with Crippen LogP contribution in [-0.2, 0) is 6.54 Å². The van der Waals surface area contributed by atoms with E-state index >= 15 is 0 Å². The standard InChI is InChI=1S/C15H23ClN4S/c1-3-17-15(20-12-5-6-13(8-12)21-2)19-10-11-4-7-14(16)18-9-11/h4,7,9,12-13H,3,5-6,8,10H2,1-2H3,(H2,17,19,20). The molecule has 1 aromatic heterocycles. The number of aromatic nitrogens is 1. The zero-order valence-corrected chi connectivity index (χ0v) is 14.2. The first-order chi connectivity index (χ1) is 10.2. The van der Waals surface area contributed by atoms with E-state index in [0.29, 0.717) is 17.7 Å². The number of halogens is 1. The van der Waals surface area contributed by atoms with Gasteiger partial charge in [0, 0.05) is 24.0 Å². The Morgan fingerprint density at radius 1 is 1.48 bits per heavy atom. The Hall–Kier alpha value is -0.940. The van der Waals surface area contributed by atoms with Crippen LogP contribution in [0.1, 0.15) is 31.7 Å². The second kappa shape index (κ2) is 8.49. The zero-order chi connectivity index (χ0) is 15.1. The largest absolute Gasteiger partial charge is 0.357 e. The summed E-state index contributed by atoms with van der Waals surface area (Å²) >= 11 is 7.76. The highest BCUT2D eigenvalue weighted by Crippen LogP contribution is 2.28. The quantitative estimate of drug-likeness (QED) is 0.496. The van der Waals surface area contributed by atoms with Gasteiger partial charge < -0.3 is 10.6 Å². The van der Waals surface area contributed by atoms with Gasteiger partial charge in [-0.3, -0.25) is 0 Å². The third kappa shape index (κ3) is 5.40. The molecular weight excluding hydrogens is 304 g/mol. The van der Waals surface area contributed by atoms with Crippen molar-refractivity contribution < 1.29 is 0 Å². The predicted octanol–water partition coefficient (Wildman–Crippen LogP) is 3.07. The van der Waals surface area contributed by atoms with Gasteiger partial charge in [-0.15, -0.1) is 0 Å². The van der Waals surface area contributed by atoms with Crippen molar-refractivity contribution in [1.29, 1.82) is 0 Å². The average molecular weight is 327 g/mol. The molecule has 116 valence electrons.